The Hall–Kier alpha value is -2.74. The van der Waals surface area contributed by atoms with Crippen molar-refractivity contribution in [2.24, 2.45) is 0 Å². The van der Waals surface area contributed by atoms with E-state index in [2.05, 4.69) is 38.9 Å². The normalized spacial score (nSPS) is 13.5. The Morgan fingerprint density at radius 2 is 2.06 bits per heavy atom. The summed E-state index contributed by atoms with van der Waals surface area (Å²) in [5.41, 5.74) is 7.48. The molecule has 0 saturated heterocycles. The Morgan fingerprint density at radius 1 is 1.19 bits per heavy atom. The molecule has 0 fully saturated rings. The minimum absolute atomic E-state index is 0.0365. The number of aromatic nitrogens is 3. The summed E-state index contributed by atoms with van der Waals surface area (Å²) in [6, 6.07) is 12.0. The van der Waals surface area contributed by atoms with Crippen molar-refractivity contribution in [2.75, 3.05) is 13.1 Å². The van der Waals surface area contributed by atoms with Crippen LogP contribution < -0.4 is 5.32 Å². The molecule has 0 unspecified atom stereocenters. The van der Waals surface area contributed by atoms with Crippen LogP contribution in [0.25, 0.3) is 5.65 Å². The van der Waals surface area contributed by atoms with Crippen LogP contribution in [-0.4, -0.2) is 38.3 Å². The fourth-order valence-corrected chi connectivity index (χ4v) is 4.76. The number of hydrogen-bond donors (Lipinski definition) is 1. The number of pyridine rings is 1. The van der Waals surface area contributed by atoms with Crippen molar-refractivity contribution < 1.29 is 4.79 Å². The van der Waals surface area contributed by atoms with Crippen molar-refractivity contribution in [2.45, 2.75) is 25.9 Å². The Balaban J connectivity index is 1.39. The number of rotatable bonds is 6. The molecule has 0 saturated carbocycles. The summed E-state index contributed by atoms with van der Waals surface area (Å²) in [5.74, 6) is -0.0365. The molecule has 1 N–H and O–H groups in total. The maximum Gasteiger partial charge on any atom is 0.274 e. The lowest BCUT2D eigenvalue weighted by atomic mass is 9.99. The molecule has 0 spiro atoms. The lowest BCUT2D eigenvalue weighted by Crippen LogP contribution is -2.37. The highest BCUT2D eigenvalue weighted by molar-refractivity contribution is 7.07. The van der Waals surface area contributed by atoms with Gasteiger partial charge in [-0.3, -0.25) is 4.79 Å². The Bertz CT molecular complexity index is 1220. The summed E-state index contributed by atoms with van der Waals surface area (Å²) in [7, 11) is 0. The van der Waals surface area contributed by atoms with Gasteiger partial charge in [0.2, 0.25) is 0 Å². The molecular formula is C23H22ClN5OS. The molecular weight excluding hydrogens is 430 g/mol. The van der Waals surface area contributed by atoms with Crippen LogP contribution in [-0.2, 0) is 25.9 Å². The number of hydrogen-bond acceptors (Lipinski definition) is 5. The lowest BCUT2D eigenvalue weighted by molar-refractivity contribution is 0.0728. The number of carbonyl (C=O) groups is 1. The molecule has 0 radical (unpaired) electrons. The van der Waals surface area contributed by atoms with Gasteiger partial charge in [-0.2, -0.15) is 0 Å². The molecule has 3 aromatic heterocycles. The highest BCUT2D eigenvalue weighted by Crippen LogP contribution is 2.23. The average Bonchev–Trinajstić information content (AvgIpc) is 3.44. The third kappa shape index (κ3) is 4.21. The predicted octanol–water partition coefficient (Wildman–Crippen LogP) is 3.98. The third-order valence-corrected chi connectivity index (χ3v) is 6.49. The minimum atomic E-state index is -0.0365. The van der Waals surface area contributed by atoms with Crippen molar-refractivity contribution in [3.63, 3.8) is 0 Å². The van der Waals surface area contributed by atoms with Crippen molar-refractivity contribution in [3.05, 3.63) is 86.7 Å². The second kappa shape index (κ2) is 8.78. The first-order valence-electron chi connectivity index (χ1n) is 10.3. The van der Waals surface area contributed by atoms with Crippen molar-refractivity contribution in [1.82, 2.24) is 24.6 Å². The molecule has 4 heterocycles. The van der Waals surface area contributed by atoms with Gasteiger partial charge < -0.3 is 14.6 Å². The van der Waals surface area contributed by atoms with E-state index in [1.54, 1.807) is 17.4 Å². The van der Waals surface area contributed by atoms with Gasteiger partial charge in [0.15, 0.2) is 5.69 Å². The largest absolute Gasteiger partial charge is 0.333 e. The quantitative estimate of drug-likeness (QED) is 0.450. The van der Waals surface area contributed by atoms with E-state index in [9.17, 15) is 4.79 Å². The van der Waals surface area contributed by atoms with Gasteiger partial charge in [-0.15, -0.1) is 11.3 Å². The molecule has 0 atom stereocenters. The maximum absolute atomic E-state index is 13.5. The number of imidazole rings is 1. The standard InChI is InChI=1S/C23H22ClN5OS/c24-18-5-6-21-27-22(23(30)28-10-8-16-3-1-2-4-17(16)12-28)20(29(21)13-18)11-25-9-7-19-14-31-15-26-19/h1-6,13-15,25H,7-12H2. The van der Waals surface area contributed by atoms with Crippen LogP contribution in [0.1, 0.15) is 33.0 Å². The van der Waals surface area contributed by atoms with E-state index in [0.29, 0.717) is 30.4 Å². The van der Waals surface area contributed by atoms with Gasteiger partial charge in [-0.25, -0.2) is 9.97 Å². The van der Waals surface area contributed by atoms with Crippen LogP contribution >= 0.6 is 22.9 Å². The number of nitrogens with one attached hydrogen (secondary N) is 1. The fourth-order valence-electron chi connectivity index (χ4n) is 4.01. The second-order valence-corrected chi connectivity index (χ2v) is 8.79. The van der Waals surface area contributed by atoms with E-state index in [4.69, 9.17) is 11.6 Å². The number of carbonyl (C=O) groups excluding carboxylic acids is 1. The molecule has 158 valence electrons. The second-order valence-electron chi connectivity index (χ2n) is 7.63. The lowest BCUT2D eigenvalue weighted by Gasteiger charge is -2.28. The van der Waals surface area contributed by atoms with Crippen molar-refractivity contribution >= 4 is 34.5 Å². The van der Waals surface area contributed by atoms with Crippen LogP contribution in [0.3, 0.4) is 0 Å². The highest BCUT2D eigenvalue weighted by Gasteiger charge is 2.26. The van der Waals surface area contributed by atoms with Gasteiger partial charge in [0.1, 0.15) is 5.65 Å². The Labute approximate surface area is 189 Å². The molecule has 6 nitrogen and oxygen atoms in total. The number of amides is 1. The van der Waals surface area contributed by atoms with Gasteiger partial charge in [0, 0.05) is 44.2 Å². The number of thiazole rings is 1. The monoisotopic (exact) mass is 451 g/mol. The van der Waals surface area contributed by atoms with Crippen LogP contribution in [0.15, 0.2) is 53.5 Å². The van der Waals surface area contributed by atoms with Crippen LogP contribution in [0.5, 0.6) is 0 Å². The Kier molecular flexibility index (Phi) is 5.72. The van der Waals surface area contributed by atoms with Crippen molar-refractivity contribution in [1.29, 1.82) is 0 Å². The highest BCUT2D eigenvalue weighted by atomic mass is 35.5. The van der Waals surface area contributed by atoms with E-state index in [1.165, 1.54) is 11.1 Å². The molecule has 4 aromatic rings. The number of benzene rings is 1. The molecule has 5 rings (SSSR count). The molecule has 0 aliphatic carbocycles. The van der Waals surface area contributed by atoms with E-state index >= 15 is 0 Å². The summed E-state index contributed by atoms with van der Waals surface area (Å²) < 4.78 is 1.92. The third-order valence-electron chi connectivity index (χ3n) is 5.64. The molecule has 8 heteroatoms. The molecule has 0 bridgehead atoms. The first-order valence-corrected chi connectivity index (χ1v) is 11.6. The molecule has 1 amide bonds. The summed E-state index contributed by atoms with van der Waals surface area (Å²) in [6.45, 7) is 2.60. The fraction of sp³-hybridized carbons (Fsp3) is 0.261. The van der Waals surface area contributed by atoms with Gasteiger partial charge in [-0.05, 0) is 29.7 Å². The van der Waals surface area contributed by atoms with Crippen molar-refractivity contribution in [3.8, 4) is 0 Å². The zero-order chi connectivity index (χ0) is 21.2. The van der Waals surface area contributed by atoms with Gasteiger partial charge in [0.25, 0.3) is 5.91 Å². The zero-order valence-electron chi connectivity index (χ0n) is 16.9. The number of fused-ring (bicyclic) bond motifs is 2. The van der Waals surface area contributed by atoms with Crippen LogP contribution in [0.4, 0.5) is 0 Å². The minimum Gasteiger partial charge on any atom is -0.333 e. The molecule has 1 aromatic carbocycles. The summed E-state index contributed by atoms with van der Waals surface area (Å²) in [4.78, 5) is 24.4. The summed E-state index contributed by atoms with van der Waals surface area (Å²) >= 11 is 7.84. The zero-order valence-corrected chi connectivity index (χ0v) is 18.5. The van der Waals surface area contributed by atoms with E-state index < -0.39 is 0 Å². The molecule has 31 heavy (non-hydrogen) atoms. The first kappa shape index (κ1) is 20.2. The maximum atomic E-state index is 13.5. The number of nitrogens with zero attached hydrogens (tertiary/aromatic N) is 4. The van der Waals surface area contributed by atoms with Gasteiger partial charge >= 0.3 is 0 Å². The average molecular weight is 452 g/mol. The Morgan fingerprint density at radius 3 is 2.90 bits per heavy atom. The first-order chi connectivity index (χ1) is 15.2. The van der Waals surface area contributed by atoms with Crippen LogP contribution in [0.2, 0.25) is 5.02 Å². The van der Waals surface area contributed by atoms with E-state index in [0.717, 1.165) is 36.4 Å². The SMILES string of the molecule is O=C(c1nc2ccc(Cl)cn2c1CNCCc1cscn1)N1CCc2ccccc2C1. The number of halogens is 1. The van der Waals surface area contributed by atoms with Gasteiger partial charge in [0.05, 0.1) is 21.9 Å². The molecule has 1 aliphatic heterocycles. The van der Waals surface area contributed by atoms with E-state index in [1.807, 2.05) is 33.1 Å². The van der Waals surface area contributed by atoms with Gasteiger partial charge in [-0.1, -0.05) is 35.9 Å². The predicted molar refractivity (Wildman–Crippen MR) is 123 cm³/mol. The smallest absolute Gasteiger partial charge is 0.274 e. The molecule has 1 aliphatic rings. The summed E-state index contributed by atoms with van der Waals surface area (Å²) in [5, 5.41) is 6.11. The summed E-state index contributed by atoms with van der Waals surface area (Å²) in [6.07, 6.45) is 3.53. The topological polar surface area (TPSA) is 62.5 Å². The van der Waals surface area contributed by atoms with Crippen LogP contribution in [0, 0.1) is 0 Å². The van der Waals surface area contributed by atoms with E-state index in [-0.39, 0.29) is 5.91 Å².